The molecule has 264 valence electrons. The molecule has 0 aliphatic carbocycles. The first-order chi connectivity index (χ1) is 22.3. The minimum Gasteiger partial charge on any atom is -0.462 e. The summed E-state index contributed by atoms with van der Waals surface area (Å²) >= 11 is 0. The van der Waals surface area contributed by atoms with Crippen molar-refractivity contribution in [2.24, 2.45) is 0 Å². The number of allylic oxidation sites excluding steroid dienone is 10. The smallest absolute Gasteiger partial charge is 0.462 e. The minimum atomic E-state index is -4.76. The summed E-state index contributed by atoms with van der Waals surface area (Å²) in [6.45, 7) is 3.48. The first-order valence-corrected chi connectivity index (χ1v) is 19.1. The van der Waals surface area contributed by atoms with Gasteiger partial charge in [0.25, 0.3) is 0 Å². The number of hydrogen-bond acceptors (Lipinski definition) is 6. The molecule has 9 heteroatoms. The molecule has 0 bridgehead atoms. The molecule has 0 aromatic carbocycles. The lowest BCUT2D eigenvalue weighted by molar-refractivity contribution is -0.161. The van der Waals surface area contributed by atoms with E-state index in [9.17, 15) is 14.2 Å². The van der Waals surface area contributed by atoms with Gasteiger partial charge in [0.2, 0.25) is 0 Å². The van der Waals surface area contributed by atoms with E-state index in [1.165, 1.54) is 32.1 Å². The fourth-order valence-corrected chi connectivity index (χ4v) is 4.78. The van der Waals surface area contributed by atoms with Crippen molar-refractivity contribution in [2.45, 2.75) is 148 Å². The Morgan fingerprint density at radius 1 is 0.587 bits per heavy atom. The van der Waals surface area contributed by atoms with E-state index in [1.807, 2.05) is 0 Å². The molecule has 0 rings (SSSR count). The molecular formula is C37H63O8P. The number of phosphoric ester groups is 1. The van der Waals surface area contributed by atoms with Crippen LogP contribution in [-0.2, 0) is 28.2 Å². The van der Waals surface area contributed by atoms with Crippen LogP contribution in [0.2, 0.25) is 0 Å². The van der Waals surface area contributed by atoms with Crippen molar-refractivity contribution in [1.29, 1.82) is 0 Å². The Balaban J connectivity index is 4.11. The SMILES string of the molecule is CC/C=C\C/C=C\C/C=C\C/C=C\CCCCC(=O)O[C@H](COC(=O)CCCCCCC/C=C\CCCCCC)COP(=O)(O)O. The molecule has 0 spiro atoms. The molecule has 46 heavy (non-hydrogen) atoms. The average molecular weight is 667 g/mol. The summed E-state index contributed by atoms with van der Waals surface area (Å²) in [5, 5.41) is 0. The van der Waals surface area contributed by atoms with Crippen LogP contribution in [0.5, 0.6) is 0 Å². The topological polar surface area (TPSA) is 119 Å². The minimum absolute atomic E-state index is 0.155. The van der Waals surface area contributed by atoms with Gasteiger partial charge in [-0.25, -0.2) is 4.57 Å². The molecule has 1 atom stereocenters. The predicted molar refractivity (Wildman–Crippen MR) is 188 cm³/mol. The fraction of sp³-hybridized carbons (Fsp3) is 0.676. The lowest BCUT2D eigenvalue weighted by atomic mass is 10.1. The first kappa shape index (κ1) is 43.8. The van der Waals surface area contributed by atoms with E-state index in [1.54, 1.807) is 0 Å². The van der Waals surface area contributed by atoms with Gasteiger partial charge in [0.1, 0.15) is 6.61 Å². The van der Waals surface area contributed by atoms with Crippen LogP contribution in [0, 0.1) is 0 Å². The summed E-state index contributed by atoms with van der Waals surface area (Å²) < 4.78 is 26.2. The molecule has 0 unspecified atom stereocenters. The number of hydrogen-bond donors (Lipinski definition) is 2. The molecule has 0 aliphatic rings. The number of carbonyl (C=O) groups is 2. The summed E-state index contributed by atoms with van der Waals surface area (Å²) in [6.07, 6.45) is 39.4. The number of unbranched alkanes of at least 4 members (excludes halogenated alkanes) is 11. The van der Waals surface area contributed by atoms with Crippen molar-refractivity contribution in [2.75, 3.05) is 13.2 Å². The number of phosphoric acid groups is 1. The van der Waals surface area contributed by atoms with Crippen LogP contribution < -0.4 is 0 Å². The molecular weight excluding hydrogens is 603 g/mol. The van der Waals surface area contributed by atoms with Crippen LogP contribution in [0.3, 0.4) is 0 Å². The van der Waals surface area contributed by atoms with E-state index >= 15 is 0 Å². The first-order valence-electron chi connectivity index (χ1n) is 17.6. The van der Waals surface area contributed by atoms with E-state index < -0.39 is 32.5 Å². The van der Waals surface area contributed by atoms with E-state index in [4.69, 9.17) is 19.3 Å². The summed E-state index contributed by atoms with van der Waals surface area (Å²) in [6, 6.07) is 0. The van der Waals surface area contributed by atoms with E-state index in [0.29, 0.717) is 12.8 Å². The van der Waals surface area contributed by atoms with Gasteiger partial charge >= 0.3 is 19.8 Å². The van der Waals surface area contributed by atoms with Crippen LogP contribution in [0.15, 0.2) is 60.8 Å². The summed E-state index contributed by atoms with van der Waals surface area (Å²) in [5.74, 6) is -0.951. The quantitative estimate of drug-likeness (QED) is 0.0325. The maximum absolute atomic E-state index is 12.3. The van der Waals surface area contributed by atoms with Crippen molar-refractivity contribution in [3.05, 3.63) is 60.8 Å². The average Bonchev–Trinajstić information content (AvgIpc) is 3.02. The van der Waals surface area contributed by atoms with Crippen LogP contribution in [0.25, 0.3) is 0 Å². The summed E-state index contributed by atoms with van der Waals surface area (Å²) in [7, 11) is -4.76. The normalized spacial score (nSPS) is 13.2. The Bertz CT molecular complexity index is 932. The molecule has 0 fully saturated rings. The highest BCUT2D eigenvalue weighted by atomic mass is 31.2. The molecule has 0 saturated heterocycles. The van der Waals surface area contributed by atoms with Gasteiger partial charge in [0.05, 0.1) is 6.61 Å². The van der Waals surface area contributed by atoms with Crippen molar-refractivity contribution in [1.82, 2.24) is 0 Å². The van der Waals surface area contributed by atoms with E-state index in [2.05, 4.69) is 79.1 Å². The third-order valence-corrected chi connectivity index (χ3v) is 7.51. The third-order valence-electron chi connectivity index (χ3n) is 7.02. The van der Waals surface area contributed by atoms with Gasteiger partial charge in [0.15, 0.2) is 6.10 Å². The van der Waals surface area contributed by atoms with Gasteiger partial charge in [-0.2, -0.15) is 0 Å². The van der Waals surface area contributed by atoms with Crippen molar-refractivity contribution in [3.8, 4) is 0 Å². The highest BCUT2D eigenvalue weighted by molar-refractivity contribution is 7.46. The van der Waals surface area contributed by atoms with Gasteiger partial charge in [-0.05, 0) is 77.0 Å². The zero-order chi connectivity index (χ0) is 34.0. The van der Waals surface area contributed by atoms with Gasteiger partial charge in [-0.1, -0.05) is 113 Å². The van der Waals surface area contributed by atoms with Gasteiger partial charge in [0, 0.05) is 12.8 Å². The molecule has 0 aliphatic heterocycles. The Morgan fingerprint density at radius 2 is 1.04 bits per heavy atom. The summed E-state index contributed by atoms with van der Waals surface area (Å²) in [5.41, 5.74) is 0. The molecule has 0 amide bonds. The molecule has 0 radical (unpaired) electrons. The van der Waals surface area contributed by atoms with Crippen molar-refractivity contribution < 1.29 is 37.9 Å². The second-order valence-electron chi connectivity index (χ2n) is 11.5. The number of rotatable bonds is 31. The van der Waals surface area contributed by atoms with Crippen LogP contribution in [0.4, 0.5) is 0 Å². The van der Waals surface area contributed by atoms with Crippen molar-refractivity contribution in [3.63, 3.8) is 0 Å². The van der Waals surface area contributed by atoms with Gasteiger partial charge < -0.3 is 19.3 Å². The molecule has 0 heterocycles. The maximum Gasteiger partial charge on any atom is 0.469 e. The lowest BCUT2D eigenvalue weighted by Crippen LogP contribution is -2.29. The molecule has 8 nitrogen and oxygen atoms in total. The number of carbonyl (C=O) groups excluding carboxylic acids is 2. The Hall–Kier alpha value is -2.25. The highest BCUT2D eigenvalue weighted by Crippen LogP contribution is 2.35. The van der Waals surface area contributed by atoms with Crippen LogP contribution in [0.1, 0.15) is 142 Å². The lowest BCUT2D eigenvalue weighted by Gasteiger charge is -2.18. The van der Waals surface area contributed by atoms with Gasteiger partial charge in [-0.3, -0.25) is 14.1 Å². The third kappa shape index (κ3) is 34.6. The largest absolute Gasteiger partial charge is 0.469 e. The number of ether oxygens (including phenoxy) is 2. The zero-order valence-electron chi connectivity index (χ0n) is 28.7. The van der Waals surface area contributed by atoms with Crippen LogP contribution >= 0.6 is 7.82 Å². The Labute approximate surface area is 279 Å². The molecule has 2 N–H and O–H groups in total. The Morgan fingerprint density at radius 3 is 1.63 bits per heavy atom. The standard InChI is InChI=1S/C37H63O8P/c1-3-5-7-9-11-13-15-17-18-20-22-24-26-28-30-32-37(39)45-35(34-44-46(40,41)42)33-43-36(38)31-29-27-25-23-21-19-16-14-12-10-8-6-4-2/h5,7,11,13-14,16-18,22,24,35H,3-4,6,8-10,12,15,19-21,23,25-34H2,1-2H3,(H2,40,41,42)/b7-5-,13-11-,16-14-,18-17-,24-22-/t35-/m1/s1. The Kier molecular flexibility index (Phi) is 31.1. The second kappa shape index (κ2) is 32.7. The predicted octanol–water partition coefficient (Wildman–Crippen LogP) is 10.2. The fourth-order valence-electron chi connectivity index (χ4n) is 4.41. The maximum atomic E-state index is 12.3. The zero-order valence-corrected chi connectivity index (χ0v) is 29.6. The van der Waals surface area contributed by atoms with Gasteiger partial charge in [-0.15, -0.1) is 0 Å². The molecule has 0 saturated carbocycles. The van der Waals surface area contributed by atoms with Crippen LogP contribution in [-0.4, -0.2) is 41.0 Å². The molecule has 0 aromatic rings. The molecule has 0 aromatic heterocycles. The summed E-state index contributed by atoms with van der Waals surface area (Å²) in [4.78, 5) is 42.6. The van der Waals surface area contributed by atoms with Crippen molar-refractivity contribution >= 4 is 19.8 Å². The van der Waals surface area contributed by atoms with E-state index in [0.717, 1.165) is 70.6 Å². The number of esters is 2. The van der Waals surface area contributed by atoms with E-state index in [-0.39, 0.29) is 19.4 Å². The highest BCUT2D eigenvalue weighted by Gasteiger charge is 2.22. The monoisotopic (exact) mass is 666 g/mol. The second-order valence-corrected chi connectivity index (χ2v) is 12.7.